The van der Waals surface area contributed by atoms with Crippen molar-refractivity contribution in [1.82, 2.24) is 14.7 Å². The molecule has 24 heavy (non-hydrogen) atoms. The summed E-state index contributed by atoms with van der Waals surface area (Å²) in [5.41, 5.74) is 2.71. The fourth-order valence-electron chi connectivity index (χ4n) is 3.49. The molecule has 0 aromatic heterocycles. The number of amides is 2. The van der Waals surface area contributed by atoms with Crippen LogP contribution in [0.4, 0.5) is 0 Å². The maximum Gasteiger partial charge on any atom is 0.242 e. The Morgan fingerprint density at radius 3 is 2.58 bits per heavy atom. The van der Waals surface area contributed by atoms with E-state index in [0.29, 0.717) is 26.2 Å². The minimum absolute atomic E-state index is 0.0736. The molecule has 130 valence electrons. The van der Waals surface area contributed by atoms with Gasteiger partial charge in [-0.1, -0.05) is 24.3 Å². The molecule has 2 aliphatic heterocycles. The number of hydrogen-bond acceptors (Lipinski definition) is 4. The summed E-state index contributed by atoms with van der Waals surface area (Å²) in [6.45, 7) is 5.32. The zero-order valence-corrected chi connectivity index (χ0v) is 14.1. The van der Waals surface area contributed by atoms with E-state index in [9.17, 15) is 14.7 Å². The lowest BCUT2D eigenvalue weighted by molar-refractivity contribution is -0.145. The van der Waals surface area contributed by atoms with Gasteiger partial charge in [0, 0.05) is 46.2 Å². The van der Waals surface area contributed by atoms with Crippen LogP contribution >= 0.6 is 0 Å². The quantitative estimate of drug-likeness (QED) is 0.850. The van der Waals surface area contributed by atoms with E-state index in [2.05, 4.69) is 23.1 Å². The van der Waals surface area contributed by atoms with Gasteiger partial charge in [-0.3, -0.25) is 14.5 Å². The monoisotopic (exact) mass is 331 g/mol. The van der Waals surface area contributed by atoms with Gasteiger partial charge < -0.3 is 14.9 Å². The van der Waals surface area contributed by atoms with Crippen LogP contribution in [0.2, 0.25) is 0 Å². The highest BCUT2D eigenvalue weighted by Crippen LogP contribution is 2.18. The highest BCUT2D eigenvalue weighted by molar-refractivity contribution is 5.85. The lowest BCUT2D eigenvalue weighted by Crippen LogP contribution is -2.54. The average Bonchev–Trinajstić information content (AvgIpc) is 2.56. The van der Waals surface area contributed by atoms with Crippen LogP contribution in [0, 0.1) is 0 Å². The fraction of sp³-hybridized carbons (Fsp3) is 0.556. The SMILES string of the molecule is CC(=O)N1CCN(CC(O)CN2CCc3ccccc3C2)C(=O)C1. The van der Waals surface area contributed by atoms with Crippen molar-refractivity contribution in [2.75, 3.05) is 39.3 Å². The third-order valence-electron chi connectivity index (χ3n) is 4.87. The molecule has 0 spiro atoms. The Bertz CT molecular complexity index is 619. The number of β-amino-alcohol motifs (C(OH)–C–C–N with tert-alkyl or cyclic N) is 1. The predicted molar refractivity (Wildman–Crippen MR) is 90.3 cm³/mol. The molecule has 1 atom stereocenters. The molecule has 6 heteroatoms. The molecule has 6 nitrogen and oxygen atoms in total. The molecule has 1 saturated heterocycles. The molecule has 2 heterocycles. The first kappa shape index (κ1) is 16.9. The van der Waals surface area contributed by atoms with E-state index in [1.165, 1.54) is 18.1 Å². The molecule has 2 amide bonds. The molecule has 3 rings (SSSR count). The maximum atomic E-state index is 12.1. The molecule has 1 N–H and O–H groups in total. The Labute approximate surface area is 142 Å². The van der Waals surface area contributed by atoms with Gasteiger partial charge >= 0.3 is 0 Å². The van der Waals surface area contributed by atoms with Crippen molar-refractivity contribution >= 4 is 11.8 Å². The second kappa shape index (κ2) is 7.32. The molecule has 1 aromatic rings. The second-order valence-corrected chi connectivity index (χ2v) is 6.69. The topological polar surface area (TPSA) is 64.1 Å². The number of carbonyl (C=O) groups excluding carboxylic acids is 2. The lowest BCUT2D eigenvalue weighted by Gasteiger charge is -2.36. The number of hydrogen-bond donors (Lipinski definition) is 1. The Hall–Kier alpha value is -1.92. The van der Waals surface area contributed by atoms with E-state index in [-0.39, 0.29) is 18.4 Å². The Kier molecular flexibility index (Phi) is 5.16. The molecule has 1 unspecified atom stereocenters. The molecule has 0 radical (unpaired) electrons. The van der Waals surface area contributed by atoms with Gasteiger partial charge in [0.15, 0.2) is 0 Å². The van der Waals surface area contributed by atoms with Crippen molar-refractivity contribution in [3.05, 3.63) is 35.4 Å². The first-order valence-electron chi connectivity index (χ1n) is 8.53. The second-order valence-electron chi connectivity index (χ2n) is 6.69. The molecule has 2 aliphatic rings. The van der Waals surface area contributed by atoms with Crippen LogP contribution in [0.25, 0.3) is 0 Å². The van der Waals surface area contributed by atoms with Gasteiger partial charge in [0.1, 0.15) is 0 Å². The van der Waals surface area contributed by atoms with Crippen LogP contribution in [0.5, 0.6) is 0 Å². The summed E-state index contributed by atoms with van der Waals surface area (Å²) in [5.74, 6) is -0.157. The van der Waals surface area contributed by atoms with Crippen LogP contribution in [0.3, 0.4) is 0 Å². The van der Waals surface area contributed by atoms with Crippen molar-refractivity contribution in [3.63, 3.8) is 0 Å². The van der Waals surface area contributed by atoms with Gasteiger partial charge in [0.25, 0.3) is 0 Å². The third-order valence-corrected chi connectivity index (χ3v) is 4.87. The maximum absolute atomic E-state index is 12.1. The lowest BCUT2D eigenvalue weighted by atomic mass is 10.00. The summed E-state index contributed by atoms with van der Waals surface area (Å²) in [4.78, 5) is 28.9. The number of aliphatic hydroxyl groups is 1. The summed E-state index contributed by atoms with van der Waals surface area (Å²) in [5, 5.41) is 10.4. The van der Waals surface area contributed by atoms with E-state index in [4.69, 9.17) is 0 Å². The van der Waals surface area contributed by atoms with Gasteiger partial charge in [-0.05, 0) is 17.5 Å². The van der Waals surface area contributed by atoms with Crippen LogP contribution in [-0.4, -0.2) is 77.0 Å². The average molecular weight is 331 g/mol. The first-order chi connectivity index (χ1) is 11.5. The molecule has 1 aromatic carbocycles. The summed E-state index contributed by atoms with van der Waals surface area (Å²) < 4.78 is 0. The molecule has 0 saturated carbocycles. The third kappa shape index (κ3) is 3.94. The van der Waals surface area contributed by atoms with E-state index in [1.807, 2.05) is 6.07 Å². The number of nitrogens with zero attached hydrogens (tertiary/aromatic N) is 3. The largest absolute Gasteiger partial charge is 0.390 e. The van der Waals surface area contributed by atoms with E-state index >= 15 is 0 Å². The Balaban J connectivity index is 1.49. The van der Waals surface area contributed by atoms with Gasteiger partial charge in [-0.15, -0.1) is 0 Å². The Morgan fingerprint density at radius 2 is 1.88 bits per heavy atom. The summed E-state index contributed by atoms with van der Waals surface area (Å²) in [6.07, 6.45) is 0.433. The minimum Gasteiger partial charge on any atom is -0.390 e. The number of rotatable bonds is 4. The van der Waals surface area contributed by atoms with Gasteiger partial charge in [0.05, 0.1) is 12.6 Å². The summed E-state index contributed by atoms with van der Waals surface area (Å²) in [6, 6.07) is 8.41. The van der Waals surface area contributed by atoms with Gasteiger partial charge in [-0.25, -0.2) is 0 Å². The van der Waals surface area contributed by atoms with Crippen molar-refractivity contribution in [1.29, 1.82) is 0 Å². The standard InChI is InChI=1S/C18H25N3O3/c1-14(22)20-8-9-21(18(24)13-20)12-17(23)11-19-7-6-15-4-2-3-5-16(15)10-19/h2-5,17,23H,6-13H2,1H3. The van der Waals surface area contributed by atoms with Crippen LogP contribution < -0.4 is 0 Å². The van der Waals surface area contributed by atoms with Gasteiger partial charge in [0.2, 0.25) is 11.8 Å². The van der Waals surface area contributed by atoms with E-state index in [0.717, 1.165) is 19.5 Å². The summed E-state index contributed by atoms with van der Waals surface area (Å²) >= 11 is 0. The fourth-order valence-corrected chi connectivity index (χ4v) is 3.49. The molecular weight excluding hydrogens is 306 g/mol. The van der Waals surface area contributed by atoms with Crippen LogP contribution in [-0.2, 0) is 22.6 Å². The first-order valence-corrected chi connectivity index (χ1v) is 8.53. The minimum atomic E-state index is -0.567. The molecule has 1 fully saturated rings. The number of benzene rings is 1. The number of piperazine rings is 1. The smallest absolute Gasteiger partial charge is 0.242 e. The van der Waals surface area contributed by atoms with Crippen LogP contribution in [0.1, 0.15) is 18.1 Å². The summed E-state index contributed by atoms with van der Waals surface area (Å²) in [7, 11) is 0. The van der Waals surface area contributed by atoms with Crippen molar-refractivity contribution < 1.29 is 14.7 Å². The van der Waals surface area contributed by atoms with E-state index < -0.39 is 6.10 Å². The Morgan fingerprint density at radius 1 is 1.12 bits per heavy atom. The molecule has 0 bridgehead atoms. The highest BCUT2D eigenvalue weighted by atomic mass is 16.3. The van der Waals surface area contributed by atoms with Crippen molar-refractivity contribution in [3.8, 4) is 0 Å². The predicted octanol–water partition coefficient (Wildman–Crippen LogP) is 0.0963. The van der Waals surface area contributed by atoms with Crippen molar-refractivity contribution in [2.45, 2.75) is 26.0 Å². The zero-order valence-electron chi connectivity index (χ0n) is 14.1. The van der Waals surface area contributed by atoms with E-state index in [1.54, 1.807) is 9.80 Å². The number of fused-ring (bicyclic) bond motifs is 1. The van der Waals surface area contributed by atoms with Crippen LogP contribution in [0.15, 0.2) is 24.3 Å². The van der Waals surface area contributed by atoms with Crippen molar-refractivity contribution in [2.24, 2.45) is 0 Å². The number of aliphatic hydroxyl groups excluding tert-OH is 1. The van der Waals surface area contributed by atoms with Gasteiger partial charge in [-0.2, -0.15) is 0 Å². The normalized spacial score (nSPS) is 20.0. The molecule has 0 aliphatic carbocycles. The number of carbonyl (C=O) groups is 2. The zero-order chi connectivity index (χ0) is 17.1. The molecular formula is C18H25N3O3. The highest BCUT2D eigenvalue weighted by Gasteiger charge is 2.27.